The fourth-order valence-corrected chi connectivity index (χ4v) is 3.20. The number of rotatable bonds is 7. The quantitative estimate of drug-likeness (QED) is 0.739. The van der Waals surface area contributed by atoms with Crippen LogP contribution in [-0.4, -0.2) is 60.3 Å². The van der Waals surface area contributed by atoms with Crippen molar-refractivity contribution >= 4 is 11.9 Å². The van der Waals surface area contributed by atoms with Crippen molar-refractivity contribution in [1.82, 2.24) is 9.88 Å². The molecule has 0 bridgehead atoms. The Hall–Kier alpha value is -1.99. The summed E-state index contributed by atoms with van der Waals surface area (Å²) in [6, 6.07) is 3.36. The molecule has 1 N–H and O–H groups in total. The van der Waals surface area contributed by atoms with Gasteiger partial charge in [-0.15, -0.1) is 0 Å². The molecule has 138 valence electrons. The van der Waals surface area contributed by atoms with Gasteiger partial charge in [-0.3, -0.25) is 14.6 Å². The summed E-state index contributed by atoms with van der Waals surface area (Å²) >= 11 is 0. The number of nitrogens with zero attached hydrogens (tertiary/aromatic N) is 2. The van der Waals surface area contributed by atoms with E-state index in [-0.39, 0.29) is 11.9 Å². The first-order valence-electron chi connectivity index (χ1n) is 8.61. The van der Waals surface area contributed by atoms with Crippen molar-refractivity contribution in [3.63, 3.8) is 0 Å². The van der Waals surface area contributed by atoms with Gasteiger partial charge in [0.15, 0.2) is 0 Å². The summed E-state index contributed by atoms with van der Waals surface area (Å²) in [6.45, 7) is 3.77. The number of hydrogen-bond donors (Lipinski definition) is 1. The van der Waals surface area contributed by atoms with Crippen molar-refractivity contribution in [2.75, 3.05) is 33.4 Å². The van der Waals surface area contributed by atoms with Gasteiger partial charge in [0.1, 0.15) is 0 Å². The Labute approximate surface area is 147 Å². The molecule has 1 aromatic rings. The minimum absolute atomic E-state index is 0.190. The van der Waals surface area contributed by atoms with Crippen LogP contribution in [0.25, 0.3) is 0 Å². The van der Waals surface area contributed by atoms with Crippen molar-refractivity contribution in [2.45, 2.75) is 25.9 Å². The van der Waals surface area contributed by atoms with E-state index < -0.39 is 18.0 Å². The molecule has 0 aromatic carbocycles. The number of aromatic nitrogens is 1. The number of pyridine rings is 1. The van der Waals surface area contributed by atoms with Crippen LogP contribution in [0, 0.1) is 11.8 Å². The van der Waals surface area contributed by atoms with E-state index in [2.05, 4.69) is 4.98 Å². The summed E-state index contributed by atoms with van der Waals surface area (Å²) in [5, 5.41) is 10.6. The van der Waals surface area contributed by atoms with Crippen molar-refractivity contribution in [2.24, 2.45) is 11.8 Å². The van der Waals surface area contributed by atoms with Crippen LogP contribution in [0.5, 0.6) is 0 Å². The van der Waals surface area contributed by atoms with E-state index in [9.17, 15) is 14.7 Å². The summed E-state index contributed by atoms with van der Waals surface area (Å²) in [6.07, 6.45) is 3.79. The Bertz CT molecular complexity index is 566. The predicted octanol–water partition coefficient (Wildman–Crippen LogP) is 1.18. The van der Waals surface area contributed by atoms with Gasteiger partial charge >= 0.3 is 11.9 Å². The van der Waals surface area contributed by atoms with Crippen LogP contribution in [0.15, 0.2) is 24.5 Å². The highest BCUT2D eigenvalue weighted by Crippen LogP contribution is 2.26. The molecule has 1 saturated heterocycles. The third-order valence-electron chi connectivity index (χ3n) is 4.51. The summed E-state index contributed by atoms with van der Waals surface area (Å²) in [4.78, 5) is 30.1. The Kier molecular flexibility index (Phi) is 7.33. The molecule has 25 heavy (non-hydrogen) atoms. The van der Waals surface area contributed by atoms with Crippen LogP contribution in [0.4, 0.5) is 0 Å². The number of hydrogen-bond acceptors (Lipinski definition) is 7. The van der Waals surface area contributed by atoms with Gasteiger partial charge in [-0.1, -0.05) is 0 Å². The maximum absolute atomic E-state index is 12.2. The molecule has 0 aliphatic carbocycles. The molecule has 2 heterocycles. The smallest absolute Gasteiger partial charge is 0.312 e. The van der Waals surface area contributed by atoms with Gasteiger partial charge in [0, 0.05) is 25.5 Å². The molecule has 7 nitrogen and oxygen atoms in total. The van der Waals surface area contributed by atoms with Gasteiger partial charge in [-0.05, 0) is 44.0 Å². The van der Waals surface area contributed by atoms with Crippen molar-refractivity contribution < 1.29 is 24.2 Å². The molecule has 2 rings (SSSR count). The van der Waals surface area contributed by atoms with Gasteiger partial charge in [-0.2, -0.15) is 0 Å². The molecule has 7 heteroatoms. The number of likely N-dealkylation sites (tertiary alicyclic amines) is 1. The second-order valence-corrected chi connectivity index (χ2v) is 6.21. The molecule has 1 aliphatic heterocycles. The molecule has 0 radical (unpaired) electrons. The maximum atomic E-state index is 12.2. The second kappa shape index (κ2) is 9.48. The van der Waals surface area contributed by atoms with Crippen LogP contribution in [0.2, 0.25) is 0 Å². The Morgan fingerprint density at radius 1 is 1.40 bits per heavy atom. The topological polar surface area (TPSA) is 89.0 Å². The molecular weight excluding hydrogens is 324 g/mol. The van der Waals surface area contributed by atoms with Crippen molar-refractivity contribution in [1.29, 1.82) is 0 Å². The summed E-state index contributed by atoms with van der Waals surface area (Å²) in [5.74, 6) is -1.59. The van der Waals surface area contributed by atoms with E-state index in [1.165, 1.54) is 7.11 Å². The zero-order valence-electron chi connectivity index (χ0n) is 14.8. The lowest BCUT2D eigenvalue weighted by Crippen LogP contribution is -2.44. The summed E-state index contributed by atoms with van der Waals surface area (Å²) < 4.78 is 9.98. The van der Waals surface area contributed by atoms with Crippen LogP contribution in [0.3, 0.4) is 0 Å². The molecule has 0 spiro atoms. The van der Waals surface area contributed by atoms with Gasteiger partial charge in [0.2, 0.25) is 0 Å². The molecule has 1 fully saturated rings. The van der Waals surface area contributed by atoms with E-state index in [0.717, 1.165) is 19.4 Å². The molecule has 1 aromatic heterocycles. The number of ether oxygens (including phenoxy) is 2. The first kappa shape index (κ1) is 19.3. The number of piperidine rings is 1. The zero-order chi connectivity index (χ0) is 18.2. The number of esters is 2. The highest BCUT2D eigenvalue weighted by Gasteiger charge is 2.34. The SMILES string of the molecule is CCOC(=O)C1CCCN(CC(C(=O)OC)C(O)c2ccncc2)C1. The average Bonchev–Trinajstić information content (AvgIpc) is 2.66. The Balaban J connectivity index is 2.06. The number of methoxy groups -OCH3 is 1. The maximum Gasteiger partial charge on any atom is 0.312 e. The van der Waals surface area contributed by atoms with Crippen LogP contribution >= 0.6 is 0 Å². The van der Waals surface area contributed by atoms with Crippen LogP contribution in [-0.2, 0) is 19.1 Å². The average molecular weight is 350 g/mol. The number of aliphatic hydroxyl groups is 1. The Morgan fingerprint density at radius 3 is 2.76 bits per heavy atom. The minimum Gasteiger partial charge on any atom is -0.469 e. The van der Waals surface area contributed by atoms with E-state index in [1.54, 1.807) is 31.5 Å². The fraction of sp³-hybridized carbons (Fsp3) is 0.611. The molecular formula is C18H26N2O5. The largest absolute Gasteiger partial charge is 0.469 e. The number of carbonyl (C=O) groups is 2. The first-order chi connectivity index (χ1) is 12.1. The van der Waals surface area contributed by atoms with Crippen molar-refractivity contribution in [3.05, 3.63) is 30.1 Å². The van der Waals surface area contributed by atoms with Crippen LogP contribution < -0.4 is 0 Å². The standard InChI is InChI=1S/C18H26N2O5/c1-3-25-17(22)14-5-4-10-20(11-14)12-15(18(23)24-2)16(21)13-6-8-19-9-7-13/h6-9,14-16,21H,3-5,10-12H2,1-2H3. The third kappa shape index (κ3) is 5.24. The monoisotopic (exact) mass is 350 g/mol. The molecule has 3 unspecified atom stereocenters. The lowest BCUT2D eigenvalue weighted by atomic mass is 9.93. The summed E-state index contributed by atoms with van der Waals surface area (Å²) in [5.41, 5.74) is 0.615. The number of aliphatic hydroxyl groups excluding tert-OH is 1. The lowest BCUT2D eigenvalue weighted by molar-refractivity contribution is -0.152. The van der Waals surface area contributed by atoms with E-state index in [0.29, 0.717) is 25.3 Å². The van der Waals surface area contributed by atoms with E-state index in [1.807, 2.05) is 4.90 Å². The summed E-state index contributed by atoms with van der Waals surface area (Å²) in [7, 11) is 1.31. The van der Waals surface area contributed by atoms with Crippen LogP contribution in [0.1, 0.15) is 31.4 Å². The molecule has 0 amide bonds. The fourth-order valence-electron chi connectivity index (χ4n) is 3.20. The normalized spacial score (nSPS) is 20.5. The molecule has 1 aliphatic rings. The van der Waals surface area contributed by atoms with E-state index >= 15 is 0 Å². The van der Waals surface area contributed by atoms with Gasteiger partial charge in [-0.25, -0.2) is 0 Å². The first-order valence-corrected chi connectivity index (χ1v) is 8.61. The highest BCUT2D eigenvalue weighted by atomic mass is 16.5. The van der Waals surface area contributed by atoms with Gasteiger partial charge < -0.3 is 19.5 Å². The lowest BCUT2D eigenvalue weighted by Gasteiger charge is -2.34. The van der Waals surface area contributed by atoms with E-state index in [4.69, 9.17) is 9.47 Å². The number of carbonyl (C=O) groups excluding carboxylic acids is 2. The highest BCUT2D eigenvalue weighted by molar-refractivity contribution is 5.74. The Morgan fingerprint density at radius 2 is 2.12 bits per heavy atom. The van der Waals surface area contributed by atoms with Gasteiger partial charge in [0.25, 0.3) is 0 Å². The molecule has 3 atom stereocenters. The molecule has 0 saturated carbocycles. The predicted molar refractivity (Wildman–Crippen MR) is 90.5 cm³/mol. The second-order valence-electron chi connectivity index (χ2n) is 6.21. The van der Waals surface area contributed by atoms with Gasteiger partial charge in [0.05, 0.1) is 31.7 Å². The minimum atomic E-state index is -0.988. The van der Waals surface area contributed by atoms with Crippen molar-refractivity contribution in [3.8, 4) is 0 Å². The zero-order valence-corrected chi connectivity index (χ0v) is 14.8. The third-order valence-corrected chi connectivity index (χ3v) is 4.51.